The average molecular weight is 310 g/mol. The fourth-order valence-electron chi connectivity index (χ4n) is 2.11. The van der Waals surface area contributed by atoms with Gasteiger partial charge in [0, 0.05) is 40.0 Å². The van der Waals surface area contributed by atoms with Gasteiger partial charge in [0.05, 0.1) is 13.2 Å². The van der Waals surface area contributed by atoms with Gasteiger partial charge in [-0.1, -0.05) is 0 Å². The van der Waals surface area contributed by atoms with Crippen LogP contribution < -0.4 is 4.72 Å². The van der Waals surface area contributed by atoms with Gasteiger partial charge in [-0.3, -0.25) is 0 Å². The largest absolute Gasteiger partial charge is 0.396 e. The van der Waals surface area contributed by atoms with E-state index in [1.54, 1.807) is 7.11 Å². The van der Waals surface area contributed by atoms with Gasteiger partial charge in [0.15, 0.2) is 0 Å². The first-order chi connectivity index (χ1) is 9.60. The van der Waals surface area contributed by atoms with Crippen LogP contribution in [0.5, 0.6) is 0 Å². The molecule has 7 nitrogen and oxygen atoms in total. The Morgan fingerprint density at radius 2 is 2.15 bits per heavy atom. The highest BCUT2D eigenvalue weighted by Gasteiger charge is 2.27. The number of rotatable bonds is 10. The highest BCUT2D eigenvalue weighted by molar-refractivity contribution is 7.87. The Hall–Kier alpha value is -0.250. The van der Waals surface area contributed by atoms with Crippen molar-refractivity contribution in [1.29, 1.82) is 0 Å². The molecule has 1 unspecified atom stereocenters. The number of piperidine rings is 1. The Labute approximate surface area is 121 Å². The third-order valence-electron chi connectivity index (χ3n) is 3.26. The van der Waals surface area contributed by atoms with Crippen LogP contribution in [0.25, 0.3) is 0 Å². The second-order valence-electron chi connectivity index (χ2n) is 4.91. The minimum Gasteiger partial charge on any atom is -0.396 e. The van der Waals surface area contributed by atoms with E-state index in [0.717, 1.165) is 12.8 Å². The predicted octanol–water partition coefficient (Wildman–Crippen LogP) is -0.422. The fourth-order valence-corrected chi connectivity index (χ4v) is 3.47. The molecule has 0 aromatic heterocycles. The number of hydrogen-bond donors (Lipinski definition) is 2. The van der Waals surface area contributed by atoms with E-state index in [-0.39, 0.29) is 12.5 Å². The molecular weight excluding hydrogens is 284 g/mol. The zero-order chi connectivity index (χ0) is 14.8. The summed E-state index contributed by atoms with van der Waals surface area (Å²) in [4.78, 5) is 0. The van der Waals surface area contributed by atoms with Crippen LogP contribution in [-0.4, -0.2) is 71.0 Å². The molecule has 1 aliphatic rings. The van der Waals surface area contributed by atoms with Crippen LogP contribution in [0.4, 0.5) is 0 Å². The number of methoxy groups -OCH3 is 1. The number of aliphatic hydroxyl groups is 1. The molecule has 0 amide bonds. The predicted molar refractivity (Wildman–Crippen MR) is 75.6 cm³/mol. The lowest BCUT2D eigenvalue weighted by atomic mass is 10.0. The molecular formula is C12H26N2O5S. The molecule has 1 atom stereocenters. The monoisotopic (exact) mass is 310 g/mol. The zero-order valence-corrected chi connectivity index (χ0v) is 12.9. The Kier molecular flexibility index (Phi) is 8.58. The summed E-state index contributed by atoms with van der Waals surface area (Å²) in [5, 5.41) is 9.12. The van der Waals surface area contributed by atoms with E-state index in [9.17, 15) is 8.42 Å². The van der Waals surface area contributed by atoms with Gasteiger partial charge in [0.2, 0.25) is 0 Å². The maximum Gasteiger partial charge on any atom is 0.279 e. The van der Waals surface area contributed by atoms with E-state index in [0.29, 0.717) is 45.9 Å². The van der Waals surface area contributed by atoms with Crippen molar-refractivity contribution < 1.29 is 23.0 Å². The fraction of sp³-hybridized carbons (Fsp3) is 1.00. The quantitative estimate of drug-likeness (QED) is 0.535. The summed E-state index contributed by atoms with van der Waals surface area (Å²) >= 11 is 0. The van der Waals surface area contributed by atoms with E-state index in [1.807, 2.05) is 0 Å². The summed E-state index contributed by atoms with van der Waals surface area (Å²) in [6.45, 7) is 2.89. The Bertz CT molecular complexity index is 350. The van der Waals surface area contributed by atoms with Gasteiger partial charge < -0.3 is 14.6 Å². The Morgan fingerprint density at radius 3 is 2.85 bits per heavy atom. The number of hydrogen-bond acceptors (Lipinski definition) is 5. The van der Waals surface area contributed by atoms with Crippen molar-refractivity contribution in [1.82, 2.24) is 9.03 Å². The Morgan fingerprint density at radius 1 is 1.35 bits per heavy atom. The van der Waals surface area contributed by atoms with Gasteiger partial charge in [0.1, 0.15) is 0 Å². The highest BCUT2D eigenvalue weighted by atomic mass is 32.2. The van der Waals surface area contributed by atoms with Gasteiger partial charge in [-0.05, 0) is 25.2 Å². The molecule has 2 N–H and O–H groups in total. The molecule has 0 spiro atoms. The number of aliphatic hydroxyl groups excluding tert-OH is 1. The molecule has 1 fully saturated rings. The topological polar surface area (TPSA) is 88.1 Å². The van der Waals surface area contributed by atoms with E-state index in [1.165, 1.54) is 4.31 Å². The van der Waals surface area contributed by atoms with Crippen LogP contribution >= 0.6 is 0 Å². The van der Waals surface area contributed by atoms with Crippen LogP contribution in [-0.2, 0) is 19.7 Å². The molecule has 0 saturated carbocycles. The molecule has 8 heteroatoms. The van der Waals surface area contributed by atoms with Gasteiger partial charge in [-0.2, -0.15) is 12.7 Å². The van der Waals surface area contributed by atoms with Crippen molar-refractivity contribution in [2.24, 2.45) is 5.92 Å². The molecule has 0 bridgehead atoms. The normalized spacial score (nSPS) is 21.2. The van der Waals surface area contributed by atoms with Crippen LogP contribution in [0.1, 0.15) is 19.3 Å². The average Bonchev–Trinajstić information content (AvgIpc) is 2.46. The zero-order valence-electron chi connectivity index (χ0n) is 12.1. The lowest BCUT2D eigenvalue weighted by Gasteiger charge is -2.30. The molecule has 0 aromatic carbocycles. The molecule has 1 rings (SSSR count). The van der Waals surface area contributed by atoms with Crippen molar-refractivity contribution in [3.63, 3.8) is 0 Å². The SMILES string of the molecule is COCCOCCCNS(=O)(=O)N1CCCC(CO)C1. The second kappa shape index (κ2) is 9.64. The molecule has 0 radical (unpaired) electrons. The van der Waals surface area contributed by atoms with Crippen molar-refractivity contribution in [3.8, 4) is 0 Å². The summed E-state index contributed by atoms with van der Waals surface area (Å²) in [6, 6.07) is 0. The molecule has 1 saturated heterocycles. The second-order valence-corrected chi connectivity index (χ2v) is 6.66. The lowest BCUT2D eigenvalue weighted by Crippen LogP contribution is -2.46. The number of nitrogens with zero attached hydrogens (tertiary/aromatic N) is 1. The van der Waals surface area contributed by atoms with E-state index >= 15 is 0 Å². The lowest BCUT2D eigenvalue weighted by molar-refractivity contribution is 0.0699. The standard InChI is InChI=1S/C12H26N2O5S/c1-18-8-9-19-7-3-5-13-20(16,17)14-6-2-4-12(10-14)11-15/h12-13,15H,2-11H2,1H3. The first kappa shape index (κ1) is 17.8. The maximum atomic E-state index is 12.1. The molecule has 0 aliphatic carbocycles. The first-order valence-electron chi connectivity index (χ1n) is 7.02. The summed E-state index contributed by atoms with van der Waals surface area (Å²) < 4.78 is 38.2. The van der Waals surface area contributed by atoms with Gasteiger partial charge in [0.25, 0.3) is 10.2 Å². The van der Waals surface area contributed by atoms with Gasteiger partial charge >= 0.3 is 0 Å². The first-order valence-corrected chi connectivity index (χ1v) is 8.46. The molecule has 120 valence electrons. The number of ether oxygens (including phenoxy) is 2. The van der Waals surface area contributed by atoms with Gasteiger partial charge in [-0.25, -0.2) is 4.72 Å². The maximum absolute atomic E-state index is 12.1. The molecule has 1 heterocycles. The van der Waals surface area contributed by atoms with Gasteiger partial charge in [-0.15, -0.1) is 0 Å². The van der Waals surface area contributed by atoms with Crippen molar-refractivity contribution in [3.05, 3.63) is 0 Å². The summed E-state index contributed by atoms with van der Waals surface area (Å²) in [6.07, 6.45) is 2.31. The van der Waals surface area contributed by atoms with Crippen molar-refractivity contribution in [2.45, 2.75) is 19.3 Å². The Balaban J connectivity index is 2.20. The molecule has 0 aromatic rings. The van der Waals surface area contributed by atoms with Crippen LogP contribution in [0.3, 0.4) is 0 Å². The van der Waals surface area contributed by atoms with Crippen LogP contribution in [0, 0.1) is 5.92 Å². The minimum atomic E-state index is -3.43. The molecule has 1 aliphatic heterocycles. The summed E-state index contributed by atoms with van der Waals surface area (Å²) in [5.41, 5.74) is 0. The van der Waals surface area contributed by atoms with Crippen molar-refractivity contribution >= 4 is 10.2 Å². The number of nitrogens with one attached hydrogen (secondary N) is 1. The summed E-state index contributed by atoms with van der Waals surface area (Å²) in [5.74, 6) is 0.0534. The third kappa shape index (κ3) is 6.47. The van der Waals surface area contributed by atoms with E-state index in [4.69, 9.17) is 14.6 Å². The van der Waals surface area contributed by atoms with E-state index < -0.39 is 10.2 Å². The smallest absolute Gasteiger partial charge is 0.279 e. The highest BCUT2D eigenvalue weighted by Crippen LogP contribution is 2.17. The summed E-state index contributed by atoms with van der Waals surface area (Å²) in [7, 11) is -1.82. The minimum absolute atomic E-state index is 0.0410. The van der Waals surface area contributed by atoms with E-state index in [2.05, 4.69) is 4.72 Å². The van der Waals surface area contributed by atoms with Crippen LogP contribution in [0.15, 0.2) is 0 Å². The third-order valence-corrected chi connectivity index (χ3v) is 4.84. The van der Waals surface area contributed by atoms with Crippen LogP contribution in [0.2, 0.25) is 0 Å². The van der Waals surface area contributed by atoms with Crippen molar-refractivity contribution in [2.75, 3.05) is 53.2 Å². The molecule has 20 heavy (non-hydrogen) atoms.